The first-order valence-electron chi connectivity index (χ1n) is 34.2. The molecule has 19 heteroatoms. The van der Waals surface area contributed by atoms with Crippen molar-refractivity contribution >= 4 is 5.91 Å². The Labute approximate surface area is 528 Å². The number of hydrogen-bond acceptors (Lipinski definition) is 18. The highest BCUT2D eigenvalue weighted by molar-refractivity contribution is 5.76. The molecule has 3 aliphatic heterocycles. The van der Waals surface area contributed by atoms with Gasteiger partial charge in [-0.1, -0.05) is 228 Å². The summed E-state index contributed by atoms with van der Waals surface area (Å²) in [4.78, 5) is 13.3. The van der Waals surface area contributed by atoms with E-state index in [0.29, 0.717) is 6.42 Å². The van der Waals surface area contributed by atoms with Crippen molar-refractivity contribution in [2.75, 3.05) is 26.4 Å². The van der Waals surface area contributed by atoms with Gasteiger partial charge in [-0.05, 0) is 64.2 Å². The molecule has 0 aromatic rings. The van der Waals surface area contributed by atoms with Gasteiger partial charge in [0.25, 0.3) is 0 Å². The number of amides is 1. The van der Waals surface area contributed by atoms with Crippen LogP contribution in [0.3, 0.4) is 0 Å². The van der Waals surface area contributed by atoms with E-state index in [4.69, 9.17) is 28.4 Å². The molecule has 17 unspecified atom stereocenters. The van der Waals surface area contributed by atoms with Crippen molar-refractivity contribution in [3.8, 4) is 0 Å². The third-order valence-electron chi connectivity index (χ3n) is 16.8. The minimum Gasteiger partial charge on any atom is -0.394 e. The van der Waals surface area contributed by atoms with Crippen LogP contribution in [0.5, 0.6) is 0 Å². The first kappa shape index (κ1) is 79.5. The van der Waals surface area contributed by atoms with Gasteiger partial charge in [-0.3, -0.25) is 4.79 Å². The van der Waals surface area contributed by atoms with Gasteiger partial charge < -0.3 is 89.9 Å². The topological polar surface area (TPSA) is 307 Å². The molecule has 3 aliphatic rings. The second kappa shape index (κ2) is 50.7. The summed E-state index contributed by atoms with van der Waals surface area (Å²) in [5.41, 5.74) is 0. The van der Waals surface area contributed by atoms with E-state index in [1.54, 1.807) is 6.08 Å². The number of carbonyl (C=O) groups excluding carboxylic acids is 1. The van der Waals surface area contributed by atoms with Gasteiger partial charge in [0.15, 0.2) is 18.9 Å². The fraction of sp³-hybridized carbons (Fsp3) is 0.812. The van der Waals surface area contributed by atoms with Gasteiger partial charge in [0.2, 0.25) is 5.91 Å². The Hall–Kier alpha value is -2.77. The molecular weight excluding hydrogens is 1130 g/mol. The molecule has 0 bridgehead atoms. The summed E-state index contributed by atoms with van der Waals surface area (Å²) in [5.74, 6) is -0.281. The number of hydrogen-bond donors (Lipinski definition) is 12. The molecule has 0 aromatic heterocycles. The normalized spacial score (nSPS) is 28.9. The molecule has 1 amide bonds. The monoisotopic (exact) mass is 1250 g/mol. The van der Waals surface area contributed by atoms with Crippen LogP contribution in [0.2, 0.25) is 0 Å². The van der Waals surface area contributed by atoms with Crippen LogP contribution in [0.4, 0.5) is 0 Å². The van der Waals surface area contributed by atoms with Crippen LogP contribution in [0.25, 0.3) is 0 Å². The van der Waals surface area contributed by atoms with Gasteiger partial charge in [0, 0.05) is 6.42 Å². The lowest BCUT2D eigenvalue weighted by molar-refractivity contribution is -0.379. The number of aliphatic hydroxyl groups excluding tert-OH is 11. The van der Waals surface area contributed by atoms with Crippen LogP contribution in [0.1, 0.15) is 226 Å². The second-order valence-corrected chi connectivity index (χ2v) is 24.3. The van der Waals surface area contributed by atoms with E-state index in [-0.39, 0.29) is 18.9 Å². The molecule has 0 spiro atoms. The van der Waals surface area contributed by atoms with Crippen LogP contribution in [0, 0.1) is 0 Å². The quantitative estimate of drug-likeness (QED) is 0.0200. The molecule has 3 fully saturated rings. The van der Waals surface area contributed by atoms with E-state index < -0.39 is 124 Å². The van der Waals surface area contributed by atoms with Crippen LogP contribution < -0.4 is 5.32 Å². The molecule has 17 atom stereocenters. The van der Waals surface area contributed by atoms with Crippen molar-refractivity contribution in [1.82, 2.24) is 5.32 Å². The number of unbranched alkanes of at least 4 members (excludes halogenated alkanes) is 25. The van der Waals surface area contributed by atoms with Crippen LogP contribution in [-0.2, 0) is 33.2 Å². The van der Waals surface area contributed by atoms with Crippen molar-refractivity contribution in [1.29, 1.82) is 0 Å². The molecule has 0 aromatic carbocycles. The van der Waals surface area contributed by atoms with Gasteiger partial charge in [0.1, 0.15) is 73.2 Å². The molecule has 510 valence electrons. The number of allylic oxidation sites excluding steroid dienone is 11. The highest BCUT2D eigenvalue weighted by atomic mass is 16.8. The van der Waals surface area contributed by atoms with E-state index in [9.17, 15) is 61.0 Å². The lowest BCUT2D eigenvalue weighted by atomic mass is 9.96. The molecule has 0 saturated carbocycles. The fourth-order valence-electron chi connectivity index (χ4n) is 11.2. The lowest BCUT2D eigenvalue weighted by Gasteiger charge is -2.48. The van der Waals surface area contributed by atoms with E-state index in [2.05, 4.69) is 79.9 Å². The maximum atomic E-state index is 13.3. The SMILES string of the molecule is CC/C=C\C/C=C\C/C=C\C/C=C\C/C=C\CCCCCCCCCCCCCCCCCCCCCCCC(=O)NC(COC1OC(CO)C(OC2OC(CO)C(OC3OC(CO)C(O)C(O)C3O)C(O)C2O)C(O)C1O)C(O)/C=C/CCCCCC. The van der Waals surface area contributed by atoms with E-state index >= 15 is 0 Å². The average molecular weight is 1250 g/mol. The smallest absolute Gasteiger partial charge is 0.220 e. The van der Waals surface area contributed by atoms with Crippen molar-refractivity contribution in [2.45, 2.75) is 330 Å². The molecule has 12 N–H and O–H groups in total. The molecule has 0 radical (unpaired) electrons. The molecule has 3 rings (SSSR count). The predicted octanol–water partition coefficient (Wildman–Crippen LogP) is 8.55. The Balaban J connectivity index is 1.25. The third kappa shape index (κ3) is 32.7. The summed E-state index contributed by atoms with van der Waals surface area (Å²) in [6, 6.07) is -0.970. The third-order valence-corrected chi connectivity index (χ3v) is 16.8. The molecule has 88 heavy (non-hydrogen) atoms. The van der Waals surface area contributed by atoms with Gasteiger partial charge >= 0.3 is 0 Å². The summed E-state index contributed by atoms with van der Waals surface area (Å²) in [6.07, 6.45) is 36.9. The summed E-state index contributed by atoms with van der Waals surface area (Å²) in [7, 11) is 0. The molecule has 0 aliphatic carbocycles. The summed E-state index contributed by atoms with van der Waals surface area (Å²) in [5, 5.41) is 120. The van der Waals surface area contributed by atoms with Gasteiger partial charge in [-0.15, -0.1) is 0 Å². The Bertz CT molecular complexity index is 1880. The van der Waals surface area contributed by atoms with Gasteiger partial charge in [-0.2, -0.15) is 0 Å². The van der Waals surface area contributed by atoms with Crippen LogP contribution in [-0.4, -0.2) is 193 Å². The van der Waals surface area contributed by atoms with Crippen molar-refractivity contribution in [3.05, 3.63) is 72.9 Å². The Kier molecular flexibility index (Phi) is 45.8. The van der Waals surface area contributed by atoms with Gasteiger partial charge in [0.05, 0.1) is 38.6 Å². The summed E-state index contributed by atoms with van der Waals surface area (Å²) < 4.78 is 34.1. The Morgan fingerprint density at radius 3 is 1.23 bits per heavy atom. The maximum Gasteiger partial charge on any atom is 0.220 e. The van der Waals surface area contributed by atoms with Crippen LogP contribution in [0.15, 0.2) is 72.9 Å². The number of ether oxygens (including phenoxy) is 6. The minimum atomic E-state index is -1.98. The number of rotatable bonds is 51. The standard InChI is InChI=1S/C69H121NO18/c1-3-5-7-9-11-12-13-14-15-16-17-18-19-20-21-22-23-24-25-26-27-28-29-30-31-32-33-34-35-36-37-38-39-40-41-43-45-47-57(75)70-52(53(74)46-44-42-10-8-6-4-2)51-83-67-63(81)60(78)65(55(49-72)85-67)88-69-64(82)61(79)66(56(50-73)86-69)87-68-62(80)59(77)58(76)54(48-71)84-68/h5,7,11-12,14-15,17-18,20-21,44,46,52-56,58-69,71-74,76-82H,3-4,6,8-10,13,16,19,22-43,45,47-51H2,1-2H3,(H,70,75)/b7-5-,12-11-,15-14-,18-17-,21-20-,46-44+. The zero-order chi connectivity index (χ0) is 64.0. The van der Waals surface area contributed by atoms with Crippen molar-refractivity contribution in [2.24, 2.45) is 0 Å². The Morgan fingerprint density at radius 1 is 0.420 bits per heavy atom. The highest BCUT2D eigenvalue weighted by Crippen LogP contribution is 2.33. The zero-order valence-corrected chi connectivity index (χ0v) is 53.7. The lowest BCUT2D eigenvalue weighted by Crippen LogP contribution is -2.66. The van der Waals surface area contributed by atoms with Crippen LogP contribution >= 0.6 is 0 Å². The molecule has 3 heterocycles. The van der Waals surface area contributed by atoms with Gasteiger partial charge in [-0.25, -0.2) is 0 Å². The summed E-state index contributed by atoms with van der Waals surface area (Å²) >= 11 is 0. The maximum absolute atomic E-state index is 13.3. The fourth-order valence-corrected chi connectivity index (χ4v) is 11.2. The Morgan fingerprint density at radius 2 is 0.784 bits per heavy atom. The minimum absolute atomic E-state index is 0.242. The number of carbonyl (C=O) groups is 1. The van der Waals surface area contributed by atoms with E-state index in [1.165, 1.54) is 116 Å². The first-order valence-corrected chi connectivity index (χ1v) is 34.2. The first-order chi connectivity index (χ1) is 42.8. The summed E-state index contributed by atoms with van der Waals surface area (Å²) in [6.45, 7) is 1.51. The number of nitrogens with one attached hydrogen (secondary N) is 1. The van der Waals surface area contributed by atoms with Crippen molar-refractivity contribution in [3.63, 3.8) is 0 Å². The molecule has 19 nitrogen and oxygen atoms in total. The van der Waals surface area contributed by atoms with E-state index in [0.717, 1.165) is 83.5 Å². The predicted molar refractivity (Wildman–Crippen MR) is 341 cm³/mol. The number of aliphatic hydroxyl groups is 11. The molecular formula is C69H121NO18. The molecule has 3 saturated heterocycles. The second-order valence-electron chi connectivity index (χ2n) is 24.3. The highest BCUT2D eigenvalue weighted by Gasteiger charge is 2.53. The van der Waals surface area contributed by atoms with E-state index in [1.807, 2.05) is 6.08 Å². The largest absolute Gasteiger partial charge is 0.394 e. The average Bonchev–Trinajstić information content (AvgIpc) is 0.949. The van der Waals surface area contributed by atoms with Crippen molar-refractivity contribution < 1.29 is 89.4 Å². The zero-order valence-electron chi connectivity index (χ0n) is 53.7.